The number of aromatic amines is 1. The van der Waals surface area contributed by atoms with Gasteiger partial charge >= 0.3 is 6.09 Å². The number of fused-ring (bicyclic) bond motifs is 1. The molecule has 3 heterocycles. The minimum atomic E-state index is -0.586. The minimum absolute atomic E-state index is 0.183. The number of amides is 2. The molecule has 1 atom stereocenters. The molecule has 3 N–H and O–H groups in total. The molecule has 0 saturated carbocycles. The lowest BCUT2D eigenvalue weighted by Gasteiger charge is -2.17. The number of para-hydroxylation sites is 1. The Morgan fingerprint density at radius 1 is 1.11 bits per heavy atom. The Morgan fingerprint density at radius 2 is 1.95 bits per heavy atom. The van der Waals surface area contributed by atoms with Gasteiger partial charge in [0, 0.05) is 43.4 Å². The number of nitrogens with zero attached hydrogens (tertiary/aromatic N) is 3. The molecule has 2 aromatic carbocycles. The smallest absolute Gasteiger partial charge is 0.411 e. The number of aromatic nitrogens is 3. The Kier molecular flexibility index (Phi) is 6.74. The Labute approximate surface area is 214 Å². The molecule has 1 fully saturated rings. The van der Waals surface area contributed by atoms with Gasteiger partial charge in [-0.15, -0.1) is 0 Å². The second kappa shape index (κ2) is 10.3. The first kappa shape index (κ1) is 24.3. The average molecular weight is 501 g/mol. The molecule has 2 aromatic heterocycles. The summed E-state index contributed by atoms with van der Waals surface area (Å²) in [6.45, 7) is 1.43. The third kappa shape index (κ3) is 4.96. The Bertz CT molecular complexity index is 1460. The third-order valence-corrected chi connectivity index (χ3v) is 6.30. The number of nitrogens with one attached hydrogen (secondary N) is 3. The van der Waals surface area contributed by atoms with Crippen molar-refractivity contribution >= 4 is 28.7 Å². The Hall–Kier alpha value is -4.44. The average Bonchev–Trinajstić information content (AvgIpc) is 3.57. The van der Waals surface area contributed by atoms with Crippen LogP contribution in [0.15, 0.2) is 54.7 Å². The maximum atomic E-state index is 13.0. The maximum Gasteiger partial charge on any atom is 0.411 e. The van der Waals surface area contributed by atoms with E-state index in [-0.39, 0.29) is 12.0 Å². The minimum Gasteiger partial charge on any atom is -0.496 e. The van der Waals surface area contributed by atoms with Gasteiger partial charge in [-0.05, 0) is 48.9 Å². The van der Waals surface area contributed by atoms with Gasteiger partial charge in [-0.25, -0.2) is 9.78 Å². The molecule has 10 heteroatoms. The Balaban J connectivity index is 1.51. The van der Waals surface area contributed by atoms with E-state index in [0.717, 1.165) is 40.7 Å². The number of hydrogen-bond acceptors (Lipinski definition) is 7. The number of carbonyl (C=O) groups is 2. The first-order valence-corrected chi connectivity index (χ1v) is 12.0. The zero-order chi connectivity index (χ0) is 25.9. The highest BCUT2D eigenvalue weighted by Gasteiger charge is 2.22. The third-order valence-electron chi connectivity index (χ3n) is 6.30. The maximum absolute atomic E-state index is 13.0. The van der Waals surface area contributed by atoms with Crippen molar-refractivity contribution in [3.63, 3.8) is 0 Å². The fourth-order valence-corrected chi connectivity index (χ4v) is 4.38. The molecule has 2 amide bonds. The topological polar surface area (TPSA) is 121 Å². The summed E-state index contributed by atoms with van der Waals surface area (Å²) in [6, 6.07) is 14.9. The van der Waals surface area contributed by atoms with Crippen molar-refractivity contribution < 1.29 is 19.1 Å². The van der Waals surface area contributed by atoms with Gasteiger partial charge in [0.1, 0.15) is 11.9 Å². The molecular weight excluding hydrogens is 472 g/mol. The number of benzene rings is 2. The summed E-state index contributed by atoms with van der Waals surface area (Å²) in [5.74, 6) is 0.472. The van der Waals surface area contributed by atoms with Crippen LogP contribution in [0.5, 0.6) is 5.75 Å². The van der Waals surface area contributed by atoms with Gasteiger partial charge in [-0.2, -0.15) is 5.10 Å². The molecule has 37 heavy (non-hydrogen) atoms. The van der Waals surface area contributed by atoms with Gasteiger partial charge in [-0.1, -0.05) is 18.2 Å². The fourth-order valence-electron chi connectivity index (χ4n) is 4.38. The van der Waals surface area contributed by atoms with E-state index in [9.17, 15) is 9.59 Å². The predicted molar refractivity (Wildman–Crippen MR) is 141 cm³/mol. The van der Waals surface area contributed by atoms with Crippen LogP contribution in [0.25, 0.3) is 33.4 Å². The van der Waals surface area contributed by atoms with Crippen LogP contribution in [0, 0.1) is 0 Å². The lowest BCUT2D eigenvalue weighted by Crippen LogP contribution is -2.27. The molecule has 0 spiro atoms. The molecule has 190 valence electrons. The molecule has 1 aliphatic rings. The normalized spacial score (nSPS) is 14.9. The second-order valence-corrected chi connectivity index (χ2v) is 9.00. The molecule has 1 unspecified atom stereocenters. The van der Waals surface area contributed by atoms with Crippen LogP contribution in [0.3, 0.4) is 0 Å². The van der Waals surface area contributed by atoms with Crippen molar-refractivity contribution in [3.05, 3.63) is 60.3 Å². The largest absolute Gasteiger partial charge is 0.496 e. The lowest BCUT2D eigenvalue weighted by molar-refractivity contribution is 0.0828. The van der Waals surface area contributed by atoms with E-state index in [0.29, 0.717) is 29.2 Å². The Morgan fingerprint density at radius 3 is 2.70 bits per heavy atom. The summed E-state index contributed by atoms with van der Waals surface area (Å²) in [7, 11) is 4.96. The van der Waals surface area contributed by atoms with Crippen molar-refractivity contribution in [3.8, 4) is 28.1 Å². The first-order chi connectivity index (χ1) is 17.9. The van der Waals surface area contributed by atoms with Crippen molar-refractivity contribution in [2.24, 2.45) is 0 Å². The zero-order valence-corrected chi connectivity index (χ0v) is 20.9. The number of H-pyrrole nitrogens is 1. The van der Waals surface area contributed by atoms with Crippen LogP contribution in [0.1, 0.15) is 16.8 Å². The molecule has 5 rings (SSSR count). The first-order valence-electron chi connectivity index (χ1n) is 12.0. The number of ether oxygens (including phenoxy) is 2. The number of methoxy groups -OCH3 is 1. The molecule has 10 nitrogen and oxygen atoms in total. The van der Waals surface area contributed by atoms with Crippen LogP contribution < -0.4 is 15.4 Å². The van der Waals surface area contributed by atoms with Gasteiger partial charge < -0.3 is 19.7 Å². The van der Waals surface area contributed by atoms with E-state index in [1.165, 1.54) is 4.90 Å². The van der Waals surface area contributed by atoms with Gasteiger partial charge in [0.2, 0.25) is 0 Å². The van der Waals surface area contributed by atoms with Crippen LogP contribution in [-0.2, 0) is 4.74 Å². The van der Waals surface area contributed by atoms with Crippen LogP contribution in [0.4, 0.5) is 10.5 Å². The number of rotatable bonds is 6. The van der Waals surface area contributed by atoms with Crippen LogP contribution >= 0.6 is 0 Å². The molecule has 4 aromatic rings. The van der Waals surface area contributed by atoms with Gasteiger partial charge in [0.15, 0.2) is 5.65 Å². The monoisotopic (exact) mass is 500 g/mol. The van der Waals surface area contributed by atoms with Crippen LogP contribution in [-0.4, -0.2) is 72.5 Å². The summed E-state index contributed by atoms with van der Waals surface area (Å²) in [4.78, 5) is 31.5. The van der Waals surface area contributed by atoms with E-state index in [2.05, 4.69) is 25.8 Å². The predicted octanol–water partition coefficient (Wildman–Crippen LogP) is 3.91. The molecule has 0 aliphatic carbocycles. The number of anilines is 1. The fraction of sp³-hybridized carbons (Fsp3) is 0.259. The summed E-state index contributed by atoms with van der Waals surface area (Å²) < 4.78 is 11.0. The molecule has 0 bridgehead atoms. The standard InChI is InChI=1S/C27H28N6O4/c1-33(2)26(34)20-12-16(8-9-22(20)30-27(35)37-18-10-11-28-15-18)17-13-21-24(31-32-25(21)29-14-17)19-6-4-5-7-23(19)36-3/h4-9,12-14,18,28H,10-11,15H2,1-3H3,(H,30,35)(H,29,31,32). The van der Waals surface area contributed by atoms with Crippen molar-refractivity contribution in [1.29, 1.82) is 0 Å². The molecule has 0 radical (unpaired) electrons. The second-order valence-electron chi connectivity index (χ2n) is 9.00. The number of pyridine rings is 1. The van der Waals surface area contributed by atoms with Gasteiger partial charge in [0.25, 0.3) is 5.91 Å². The molecular formula is C27H28N6O4. The summed E-state index contributed by atoms with van der Waals surface area (Å²) in [5.41, 5.74) is 4.51. The van der Waals surface area contributed by atoms with Gasteiger partial charge in [-0.3, -0.25) is 15.2 Å². The zero-order valence-electron chi connectivity index (χ0n) is 20.9. The summed E-state index contributed by atoms with van der Waals surface area (Å²) >= 11 is 0. The van der Waals surface area contributed by atoms with Crippen LogP contribution in [0.2, 0.25) is 0 Å². The highest BCUT2D eigenvalue weighted by molar-refractivity contribution is 6.04. The van der Waals surface area contributed by atoms with Crippen molar-refractivity contribution in [2.45, 2.75) is 12.5 Å². The van der Waals surface area contributed by atoms with Gasteiger partial charge in [0.05, 0.1) is 24.1 Å². The van der Waals surface area contributed by atoms with Crippen molar-refractivity contribution in [1.82, 2.24) is 25.4 Å². The SMILES string of the molecule is COc1ccccc1-c1[nH]nc2ncc(-c3ccc(NC(=O)OC4CCNC4)c(C(=O)N(C)C)c3)cc12. The van der Waals surface area contributed by atoms with E-state index >= 15 is 0 Å². The van der Waals surface area contributed by atoms with E-state index in [4.69, 9.17) is 9.47 Å². The quantitative estimate of drug-likeness (QED) is 0.367. The van der Waals surface area contributed by atoms with E-state index in [1.807, 2.05) is 36.4 Å². The molecule has 1 saturated heterocycles. The highest BCUT2D eigenvalue weighted by atomic mass is 16.6. The lowest BCUT2D eigenvalue weighted by atomic mass is 10.0. The molecule has 1 aliphatic heterocycles. The highest BCUT2D eigenvalue weighted by Crippen LogP contribution is 2.35. The van der Waals surface area contributed by atoms with E-state index < -0.39 is 6.09 Å². The number of carbonyl (C=O) groups excluding carboxylic acids is 2. The number of hydrogen-bond donors (Lipinski definition) is 3. The summed E-state index contributed by atoms with van der Waals surface area (Å²) in [5, 5.41) is 14.1. The van der Waals surface area contributed by atoms with Crippen molar-refractivity contribution in [2.75, 3.05) is 39.6 Å². The van der Waals surface area contributed by atoms with E-state index in [1.54, 1.807) is 39.5 Å². The summed E-state index contributed by atoms with van der Waals surface area (Å²) in [6.07, 6.45) is 1.70.